The topological polar surface area (TPSA) is 53.4 Å². The first kappa shape index (κ1) is 11.5. The molecule has 1 aliphatic heterocycles. The SMILES string of the molecule is Cc1nc(C(C)N2CC(CO)CC2=O)cs1. The summed E-state index contributed by atoms with van der Waals surface area (Å²) in [6, 6.07) is 0.0222. The first-order valence-corrected chi connectivity index (χ1v) is 6.32. The fourth-order valence-corrected chi connectivity index (χ4v) is 2.74. The standard InChI is InChI=1S/C11H16N2O2S/c1-7(10-6-16-8(2)12-10)13-4-9(5-14)3-11(13)15/h6-7,9,14H,3-5H2,1-2H3. The molecule has 5 heteroatoms. The van der Waals surface area contributed by atoms with Crippen LogP contribution in [0.4, 0.5) is 0 Å². The fraction of sp³-hybridized carbons (Fsp3) is 0.636. The molecule has 4 nitrogen and oxygen atoms in total. The lowest BCUT2D eigenvalue weighted by Crippen LogP contribution is -2.29. The van der Waals surface area contributed by atoms with E-state index in [-0.39, 0.29) is 24.5 Å². The number of nitrogens with zero attached hydrogens (tertiary/aromatic N) is 2. The van der Waals surface area contributed by atoms with Gasteiger partial charge in [0.05, 0.1) is 16.7 Å². The molecule has 0 saturated carbocycles. The molecular weight excluding hydrogens is 224 g/mol. The van der Waals surface area contributed by atoms with E-state index in [1.165, 1.54) is 0 Å². The normalized spacial score (nSPS) is 22.8. The summed E-state index contributed by atoms with van der Waals surface area (Å²) >= 11 is 1.60. The smallest absolute Gasteiger partial charge is 0.223 e. The molecule has 0 radical (unpaired) electrons. The summed E-state index contributed by atoms with van der Waals surface area (Å²) in [7, 11) is 0. The molecule has 1 N–H and O–H groups in total. The number of hydrogen-bond acceptors (Lipinski definition) is 4. The van der Waals surface area contributed by atoms with Crippen molar-refractivity contribution >= 4 is 17.2 Å². The van der Waals surface area contributed by atoms with Crippen molar-refractivity contribution in [2.45, 2.75) is 26.3 Å². The van der Waals surface area contributed by atoms with Crippen LogP contribution >= 0.6 is 11.3 Å². The third-order valence-corrected chi connectivity index (χ3v) is 3.82. The van der Waals surface area contributed by atoms with E-state index in [4.69, 9.17) is 5.11 Å². The van der Waals surface area contributed by atoms with Gasteiger partial charge in [0.25, 0.3) is 0 Å². The lowest BCUT2D eigenvalue weighted by molar-refractivity contribution is -0.129. The number of aliphatic hydroxyl groups excluding tert-OH is 1. The molecule has 2 atom stereocenters. The number of thiazole rings is 1. The minimum absolute atomic E-state index is 0.0222. The first-order valence-electron chi connectivity index (χ1n) is 5.44. The van der Waals surface area contributed by atoms with Crippen LogP contribution in [0.15, 0.2) is 5.38 Å². The average Bonchev–Trinajstić information content (AvgIpc) is 2.83. The number of amides is 1. The van der Waals surface area contributed by atoms with Gasteiger partial charge in [-0.1, -0.05) is 0 Å². The molecule has 1 aromatic rings. The highest BCUT2D eigenvalue weighted by molar-refractivity contribution is 7.09. The van der Waals surface area contributed by atoms with Crippen LogP contribution in [0.5, 0.6) is 0 Å². The third-order valence-electron chi connectivity index (χ3n) is 3.03. The Kier molecular flexibility index (Phi) is 3.25. The zero-order chi connectivity index (χ0) is 11.7. The summed E-state index contributed by atoms with van der Waals surface area (Å²) in [4.78, 5) is 18.0. The Balaban J connectivity index is 2.10. The second-order valence-corrected chi connectivity index (χ2v) is 5.33. The van der Waals surface area contributed by atoms with Crippen molar-refractivity contribution in [2.75, 3.05) is 13.2 Å². The highest BCUT2D eigenvalue weighted by Gasteiger charge is 2.33. The quantitative estimate of drug-likeness (QED) is 0.867. The molecular formula is C11H16N2O2S. The molecule has 0 aromatic carbocycles. The van der Waals surface area contributed by atoms with Gasteiger partial charge in [-0.2, -0.15) is 0 Å². The van der Waals surface area contributed by atoms with Crippen LogP contribution in [0.2, 0.25) is 0 Å². The van der Waals surface area contributed by atoms with Gasteiger partial charge in [-0.3, -0.25) is 4.79 Å². The second-order valence-electron chi connectivity index (χ2n) is 4.27. The summed E-state index contributed by atoms with van der Waals surface area (Å²) in [5.41, 5.74) is 0.953. The van der Waals surface area contributed by atoms with Crippen molar-refractivity contribution in [3.63, 3.8) is 0 Å². The van der Waals surface area contributed by atoms with E-state index in [1.807, 2.05) is 24.1 Å². The van der Waals surface area contributed by atoms with Crippen LogP contribution in [0, 0.1) is 12.8 Å². The minimum Gasteiger partial charge on any atom is -0.396 e. The van der Waals surface area contributed by atoms with Crippen molar-refractivity contribution in [3.05, 3.63) is 16.1 Å². The van der Waals surface area contributed by atoms with E-state index in [2.05, 4.69) is 4.98 Å². The summed E-state index contributed by atoms with van der Waals surface area (Å²) in [5, 5.41) is 12.1. The van der Waals surface area contributed by atoms with Crippen molar-refractivity contribution < 1.29 is 9.90 Å². The lowest BCUT2D eigenvalue weighted by Gasteiger charge is -2.23. The van der Waals surface area contributed by atoms with Gasteiger partial charge in [-0.05, 0) is 13.8 Å². The highest BCUT2D eigenvalue weighted by atomic mass is 32.1. The van der Waals surface area contributed by atoms with Crippen molar-refractivity contribution in [2.24, 2.45) is 5.92 Å². The lowest BCUT2D eigenvalue weighted by atomic mass is 10.1. The summed E-state index contributed by atoms with van der Waals surface area (Å²) in [5.74, 6) is 0.215. The largest absolute Gasteiger partial charge is 0.396 e. The van der Waals surface area contributed by atoms with E-state index >= 15 is 0 Å². The molecule has 2 rings (SSSR count). The van der Waals surface area contributed by atoms with Gasteiger partial charge in [-0.25, -0.2) is 4.98 Å². The molecule has 0 aliphatic carbocycles. The summed E-state index contributed by atoms with van der Waals surface area (Å²) < 4.78 is 0. The van der Waals surface area contributed by atoms with Gasteiger partial charge in [-0.15, -0.1) is 11.3 Å². The maximum Gasteiger partial charge on any atom is 0.223 e. The molecule has 0 bridgehead atoms. The fourth-order valence-electron chi connectivity index (χ4n) is 2.04. The van der Waals surface area contributed by atoms with Gasteiger partial charge in [0, 0.05) is 30.9 Å². The summed E-state index contributed by atoms with van der Waals surface area (Å²) in [6.07, 6.45) is 0.462. The molecule has 1 amide bonds. The molecule has 0 spiro atoms. The molecule has 1 saturated heterocycles. The molecule has 1 aliphatic rings. The van der Waals surface area contributed by atoms with Gasteiger partial charge >= 0.3 is 0 Å². The number of carbonyl (C=O) groups excluding carboxylic acids is 1. The van der Waals surface area contributed by atoms with E-state index in [0.29, 0.717) is 13.0 Å². The predicted molar refractivity (Wildman–Crippen MR) is 62.2 cm³/mol. The molecule has 88 valence electrons. The Hall–Kier alpha value is -0.940. The van der Waals surface area contributed by atoms with E-state index < -0.39 is 0 Å². The molecule has 2 heterocycles. The zero-order valence-corrected chi connectivity index (χ0v) is 10.3. The van der Waals surface area contributed by atoms with Crippen molar-refractivity contribution in [1.82, 2.24) is 9.88 Å². The van der Waals surface area contributed by atoms with Crippen LogP contribution in [0.25, 0.3) is 0 Å². The molecule has 1 aromatic heterocycles. The van der Waals surface area contributed by atoms with Gasteiger partial charge in [0.1, 0.15) is 0 Å². The number of rotatable bonds is 3. The number of aryl methyl sites for hydroxylation is 1. The Bertz CT molecular complexity index is 391. The van der Waals surface area contributed by atoms with Crippen LogP contribution in [0.3, 0.4) is 0 Å². The minimum atomic E-state index is 0.0222. The van der Waals surface area contributed by atoms with E-state index in [9.17, 15) is 4.79 Å². The zero-order valence-electron chi connectivity index (χ0n) is 9.51. The predicted octanol–water partition coefficient (Wildman–Crippen LogP) is 1.35. The van der Waals surface area contributed by atoms with Crippen LogP contribution < -0.4 is 0 Å². The van der Waals surface area contributed by atoms with Crippen LogP contribution in [-0.4, -0.2) is 34.0 Å². The maximum atomic E-state index is 11.8. The molecule has 16 heavy (non-hydrogen) atoms. The monoisotopic (exact) mass is 240 g/mol. The molecule has 1 fully saturated rings. The van der Waals surface area contributed by atoms with Crippen molar-refractivity contribution in [3.8, 4) is 0 Å². The Morgan fingerprint density at radius 2 is 2.50 bits per heavy atom. The third kappa shape index (κ3) is 2.10. The number of carbonyl (C=O) groups is 1. The number of hydrogen-bond donors (Lipinski definition) is 1. The van der Waals surface area contributed by atoms with E-state index in [1.54, 1.807) is 11.3 Å². The summed E-state index contributed by atoms with van der Waals surface area (Å²) in [6.45, 7) is 4.69. The van der Waals surface area contributed by atoms with Crippen LogP contribution in [0.1, 0.15) is 30.1 Å². The average molecular weight is 240 g/mol. The number of likely N-dealkylation sites (tertiary alicyclic amines) is 1. The number of aliphatic hydroxyl groups is 1. The van der Waals surface area contributed by atoms with Crippen molar-refractivity contribution in [1.29, 1.82) is 0 Å². The highest BCUT2D eigenvalue weighted by Crippen LogP contribution is 2.28. The van der Waals surface area contributed by atoms with Gasteiger partial charge in [0.15, 0.2) is 0 Å². The van der Waals surface area contributed by atoms with Gasteiger partial charge in [0.2, 0.25) is 5.91 Å². The Morgan fingerprint density at radius 1 is 1.75 bits per heavy atom. The Labute approximate surface area is 98.9 Å². The van der Waals surface area contributed by atoms with E-state index in [0.717, 1.165) is 10.7 Å². The second kappa shape index (κ2) is 4.51. The molecule has 2 unspecified atom stereocenters. The Morgan fingerprint density at radius 3 is 3.00 bits per heavy atom. The maximum absolute atomic E-state index is 11.8. The first-order chi connectivity index (χ1) is 7.61. The van der Waals surface area contributed by atoms with Gasteiger partial charge < -0.3 is 10.0 Å². The van der Waals surface area contributed by atoms with Crippen LogP contribution in [-0.2, 0) is 4.79 Å². The number of aromatic nitrogens is 1.